The molecule has 0 fully saturated rings. The normalized spacial score (nSPS) is 8.50. The number of carbonyl (C=O) groups excluding carboxylic acids is 1. The summed E-state index contributed by atoms with van der Waals surface area (Å²) in [5, 5.41) is 0. The summed E-state index contributed by atoms with van der Waals surface area (Å²) < 4.78 is 4.83. The van der Waals surface area contributed by atoms with Crippen molar-refractivity contribution >= 4 is 35.5 Å². The molecule has 12 heavy (non-hydrogen) atoms. The number of carbonyl (C=O) groups is 1. The van der Waals surface area contributed by atoms with Crippen LogP contribution in [0.5, 0.6) is 5.75 Å². The van der Waals surface area contributed by atoms with Crippen LogP contribution in [0.3, 0.4) is 0 Å². The van der Waals surface area contributed by atoms with Gasteiger partial charge in [-0.25, -0.2) is 0 Å². The number of aryl methyl sites for hydroxylation is 1. The van der Waals surface area contributed by atoms with Crippen LogP contribution >= 0.6 is 0 Å². The summed E-state index contributed by atoms with van der Waals surface area (Å²) in [6.45, 7) is 3.37. The molecule has 0 aliphatic heterocycles. The minimum atomic E-state index is -0.283. The van der Waals surface area contributed by atoms with E-state index in [4.69, 9.17) is 4.74 Å². The van der Waals surface area contributed by atoms with Crippen molar-refractivity contribution < 1.29 is 9.53 Å². The Labute approximate surface area is 94.2 Å². The Balaban J connectivity index is 0.00000121. The van der Waals surface area contributed by atoms with Gasteiger partial charge >= 0.3 is 35.5 Å². The van der Waals surface area contributed by atoms with E-state index < -0.39 is 0 Å². The van der Waals surface area contributed by atoms with Gasteiger partial charge in [-0.1, -0.05) is 17.7 Å². The summed E-state index contributed by atoms with van der Waals surface area (Å²) in [5.74, 6) is 0.317. The van der Waals surface area contributed by atoms with E-state index in [9.17, 15) is 4.79 Å². The van der Waals surface area contributed by atoms with Crippen molar-refractivity contribution in [3.05, 3.63) is 29.8 Å². The van der Waals surface area contributed by atoms with Crippen LogP contribution in [0, 0.1) is 6.92 Å². The van der Waals surface area contributed by atoms with Gasteiger partial charge in [-0.15, -0.1) is 0 Å². The molecule has 0 amide bonds. The van der Waals surface area contributed by atoms with E-state index in [1.54, 1.807) is 12.1 Å². The molecule has 0 heterocycles. The quantitative estimate of drug-likeness (QED) is 0.364. The zero-order valence-electron chi connectivity index (χ0n) is 6.63. The van der Waals surface area contributed by atoms with E-state index in [1.807, 2.05) is 19.1 Å². The summed E-state index contributed by atoms with van der Waals surface area (Å²) in [5.41, 5.74) is 1.15. The van der Waals surface area contributed by atoms with Crippen molar-refractivity contribution in [3.8, 4) is 5.75 Å². The van der Waals surface area contributed by atoms with E-state index in [-0.39, 0.29) is 35.5 Å². The molecule has 0 radical (unpaired) electrons. The van der Waals surface area contributed by atoms with E-state index in [2.05, 4.69) is 0 Å². The Bertz CT molecular complexity index is 254. The van der Waals surface area contributed by atoms with Gasteiger partial charge in [-0.3, -0.25) is 4.79 Å². The fraction of sp³-hybridized carbons (Fsp3) is 0.222. The van der Waals surface area contributed by atoms with Gasteiger partial charge in [0.15, 0.2) is 0 Å². The SMILES string of the molecule is CC(=O)Oc1ccc(C)cc1.[NaH]. The Hall–Kier alpha value is -0.310. The average molecular weight is 174 g/mol. The van der Waals surface area contributed by atoms with Crippen molar-refractivity contribution in [2.24, 2.45) is 0 Å². The minimum absolute atomic E-state index is 0. The molecule has 0 aliphatic carbocycles. The molecule has 0 spiro atoms. The van der Waals surface area contributed by atoms with Gasteiger partial charge in [-0.05, 0) is 19.1 Å². The third-order valence-corrected chi connectivity index (χ3v) is 1.28. The van der Waals surface area contributed by atoms with E-state index >= 15 is 0 Å². The topological polar surface area (TPSA) is 26.3 Å². The Morgan fingerprint density at radius 2 is 1.75 bits per heavy atom. The Kier molecular flexibility index (Phi) is 5.22. The fourth-order valence-electron chi connectivity index (χ4n) is 0.772. The number of benzene rings is 1. The molecular formula is C9H11NaO2. The molecule has 0 atom stereocenters. The predicted molar refractivity (Wildman–Crippen MR) is 49.6 cm³/mol. The zero-order valence-corrected chi connectivity index (χ0v) is 6.63. The second-order valence-electron chi connectivity index (χ2n) is 2.41. The van der Waals surface area contributed by atoms with Gasteiger partial charge in [-0.2, -0.15) is 0 Å². The van der Waals surface area contributed by atoms with Crippen LogP contribution in [-0.2, 0) is 4.79 Å². The second kappa shape index (κ2) is 5.36. The maximum absolute atomic E-state index is 10.5. The van der Waals surface area contributed by atoms with Gasteiger partial charge < -0.3 is 4.74 Å². The molecule has 0 N–H and O–H groups in total. The molecular weight excluding hydrogens is 163 g/mol. The molecule has 0 unspecified atom stereocenters. The van der Waals surface area contributed by atoms with Crippen LogP contribution < -0.4 is 4.74 Å². The van der Waals surface area contributed by atoms with Crippen molar-refractivity contribution in [1.82, 2.24) is 0 Å². The Morgan fingerprint density at radius 1 is 1.25 bits per heavy atom. The summed E-state index contributed by atoms with van der Waals surface area (Å²) in [4.78, 5) is 10.5. The summed E-state index contributed by atoms with van der Waals surface area (Å²) in [6.07, 6.45) is 0. The molecule has 1 rings (SSSR count). The molecule has 0 saturated carbocycles. The summed E-state index contributed by atoms with van der Waals surface area (Å²) in [7, 11) is 0. The fourth-order valence-corrected chi connectivity index (χ4v) is 0.772. The summed E-state index contributed by atoms with van der Waals surface area (Å²) >= 11 is 0. The van der Waals surface area contributed by atoms with Crippen molar-refractivity contribution in [3.63, 3.8) is 0 Å². The molecule has 3 heteroatoms. The van der Waals surface area contributed by atoms with Crippen LogP contribution in [0.4, 0.5) is 0 Å². The van der Waals surface area contributed by atoms with E-state index in [0.29, 0.717) is 5.75 Å². The van der Waals surface area contributed by atoms with E-state index in [0.717, 1.165) is 5.56 Å². The molecule has 0 bridgehead atoms. The van der Waals surface area contributed by atoms with Crippen molar-refractivity contribution in [2.75, 3.05) is 0 Å². The molecule has 1 aromatic carbocycles. The third-order valence-electron chi connectivity index (χ3n) is 1.28. The second-order valence-corrected chi connectivity index (χ2v) is 2.41. The third kappa shape index (κ3) is 3.90. The number of esters is 1. The number of hydrogen-bond donors (Lipinski definition) is 0. The maximum atomic E-state index is 10.5. The average Bonchev–Trinajstić information content (AvgIpc) is 1.93. The first-order valence-corrected chi connectivity index (χ1v) is 3.43. The number of rotatable bonds is 1. The number of hydrogen-bond acceptors (Lipinski definition) is 2. The first-order valence-electron chi connectivity index (χ1n) is 3.43. The Morgan fingerprint density at radius 3 is 2.17 bits per heavy atom. The standard InChI is InChI=1S/C9H10O2.Na.H/c1-7-3-5-9(6-4-7)11-8(2)10;;/h3-6H,1-2H3;;. The predicted octanol–water partition coefficient (Wildman–Crippen LogP) is 1.27. The molecule has 0 aliphatic rings. The first kappa shape index (κ1) is 11.7. The molecule has 0 saturated heterocycles. The monoisotopic (exact) mass is 174 g/mol. The van der Waals surface area contributed by atoms with Crippen LogP contribution in [-0.4, -0.2) is 35.5 Å². The van der Waals surface area contributed by atoms with Crippen LogP contribution in [0.2, 0.25) is 0 Å². The van der Waals surface area contributed by atoms with Gasteiger partial charge in [0.05, 0.1) is 0 Å². The van der Waals surface area contributed by atoms with Gasteiger partial charge in [0.2, 0.25) is 0 Å². The van der Waals surface area contributed by atoms with Gasteiger partial charge in [0.25, 0.3) is 0 Å². The van der Waals surface area contributed by atoms with Crippen molar-refractivity contribution in [1.29, 1.82) is 0 Å². The van der Waals surface area contributed by atoms with Gasteiger partial charge in [0, 0.05) is 6.92 Å². The molecule has 1 aromatic rings. The first-order chi connectivity index (χ1) is 5.18. The van der Waals surface area contributed by atoms with Crippen molar-refractivity contribution in [2.45, 2.75) is 13.8 Å². The summed E-state index contributed by atoms with van der Waals surface area (Å²) in [6, 6.07) is 7.35. The zero-order chi connectivity index (χ0) is 8.27. The van der Waals surface area contributed by atoms with E-state index in [1.165, 1.54) is 6.92 Å². The van der Waals surface area contributed by atoms with Crippen LogP contribution in [0.15, 0.2) is 24.3 Å². The van der Waals surface area contributed by atoms with Crippen LogP contribution in [0.25, 0.3) is 0 Å². The molecule has 60 valence electrons. The number of ether oxygens (including phenoxy) is 1. The molecule has 2 nitrogen and oxygen atoms in total. The molecule has 0 aromatic heterocycles. The van der Waals surface area contributed by atoms with Crippen LogP contribution in [0.1, 0.15) is 12.5 Å². The van der Waals surface area contributed by atoms with Gasteiger partial charge in [0.1, 0.15) is 5.75 Å².